The van der Waals surface area contributed by atoms with Gasteiger partial charge in [0.05, 0.1) is 13.7 Å². The van der Waals surface area contributed by atoms with Gasteiger partial charge in [0, 0.05) is 22.3 Å². The summed E-state index contributed by atoms with van der Waals surface area (Å²) in [6.45, 7) is 2.08. The lowest BCUT2D eigenvalue weighted by Crippen LogP contribution is -1.99. The molecule has 2 aromatic rings. The van der Waals surface area contributed by atoms with Crippen LogP contribution in [-0.2, 0) is 9.53 Å². The Morgan fingerprint density at radius 2 is 1.89 bits per heavy atom. The molecule has 0 saturated heterocycles. The number of ether oxygens (including phenoxy) is 2. The first-order chi connectivity index (χ1) is 9.26. The Morgan fingerprint density at radius 3 is 2.58 bits per heavy atom. The van der Waals surface area contributed by atoms with Gasteiger partial charge in [0.25, 0.3) is 0 Å². The first-order valence-electron chi connectivity index (χ1n) is 6.00. The lowest BCUT2D eigenvalue weighted by Gasteiger charge is -2.06. The molecule has 0 aliphatic rings. The smallest absolute Gasteiger partial charge is 0.384 e. The van der Waals surface area contributed by atoms with Gasteiger partial charge >= 0.3 is 5.97 Å². The van der Waals surface area contributed by atoms with Crippen LogP contribution in [0.4, 0.5) is 0 Å². The van der Waals surface area contributed by atoms with Gasteiger partial charge in [-0.25, -0.2) is 4.79 Å². The Bertz CT molecular complexity index is 662. The minimum Gasteiger partial charge on any atom is -0.496 e. The Hall–Kier alpha value is -2.47. The Kier molecular flexibility index (Phi) is 4.04. The monoisotopic (exact) mass is 254 g/mol. The third kappa shape index (κ3) is 2.86. The summed E-state index contributed by atoms with van der Waals surface area (Å²) in [4.78, 5) is 11.3. The van der Waals surface area contributed by atoms with E-state index in [9.17, 15) is 4.79 Å². The van der Waals surface area contributed by atoms with Crippen LogP contribution in [0.5, 0.6) is 5.75 Å². The summed E-state index contributed by atoms with van der Waals surface area (Å²) < 4.78 is 10.1. The molecule has 0 saturated carbocycles. The third-order valence-electron chi connectivity index (χ3n) is 2.68. The molecule has 0 radical (unpaired) electrons. The van der Waals surface area contributed by atoms with Crippen molar-refractivity contribution in [1.29, 1.82) is 0 Å². The Balaban J connectivity index is 2.48. The lowest BCUT2D eigenvalue weighted by atomic mass is 10.0. The van der Waals surface area contributed by atoms with Crippen LogP contribution in [-0.4, -0.2) is 19.7 Å². The van der Waals surface area contributed by atoms with Gasteiger partial charge in [-0.05, 0) is 19.1 Å². The summed E-state index contributed by atoms with van der Waals surface area (Å²) in [5.41, 5.74) is 0.782. The van der Waals surface area contributed by atoms with Gasteiger partial charge in [-0.1, -0.05) is 30.2 Å². The minimum atomic E-state index is -0.512. The summed E-state index contributed by atoms with van der Waals surface area (Å²) in [6, 6.07) is 11.5. The van der Waals surface area contributed by atoms with E-state index in [2.05, 4.69) is 11.8 Å². The molecule has 0 atom stereocenters. The highest BCUT2D eigenvalue weighted by Crippen LogP contribution is 2.27. The van der Waals surface area contributed by atoms with E-state index in [4.69, 9.17) is 9.47 Å². The predicted octanol–water partition coefficient (Wildman–Crippen LogP) is 2.76. The molecule has 0 bridgehead atoms. The number of rotatable bonds is 2. The van der Waals surface area contributed by atoms with Crippen molar-refractivity contribution < 1.29 is 14.3 Å². The van der Waals surface area contributed by atoms with Gasteiger partial charge in [-0.2, -0.15) is 0 Å². The highest BCUT2D eigenvalue weighted by molar-refractivity contribution is 5.95. The minimum absolute atomic E-state index is 0.330. The zero-order valence-electron chi connectivity index (χ0n) is 10.9. The average Bonchev–Trinajstić information content (AvgIpc) is 2.45. The van der Waals surface area contributed by atoms with Crippen LogP contribution in [0.15, 0.2) is 36.4 Å². The molecule has 96 valence electrons. The van der Waals surface area contributed by atoms with Crippen molar-refractivity contribution >= 4 is 16.7 Å². The first kappa shape index (κ1) is 13.0. The second-order valence-electron chi connectivity index (χ2n) is 3.83. The van der Waals surface area contributed by atoms with Crippen LogP contribution < -0.4 is 4.74 Å². The van der Waals surface area contributed by atoms with Gasteiger partial charge in [0.15, 0.2) is 0 Å². The highest BCUT2D eigenvalue weighted by Gasteiger charge is 2.04. The van der Waals surface area contributed by atoms with Crippen molar-refractivity contribution in [1.82, 2.24) is 0 Å². The van der Waals surface area contributed by atoms with Crippen LogP contribution in [0, 0.1) is 11.8 Å². The van der Waals surface area contributed by atoms with Crippen molar-refractivity contribution in [3.63, 3.8) is 0 Å². The number of carbonyl (C=O) groups is 1. The average molecular weight is 254 g/mol. The van der Waals surface area contributed by atoms with Crippen molar-refractivity contribution in [2.24, 2.45) is 0 Å². The quantitative estimate of drug-likeness (QED) is 0.610. The fourth-order valence-corrected chi connectivity index (χ4v) is 1.84. The van der Waals surface area contributed by atoms with E-state index in [-0.39, 0.29) is 0 Å². The molecule has 0 spiro atoms. The van der Waals surface area contributed by atoms with Crippen molar-refractivity contribution in [2.45, 2.75) is 6.92 Å². The van der Waals surface area contributed by atoms with E-state index in [1.165, 1.54) is 0 Å². The molecule has 0 aliphatic carbocycles. The maximum atomic E-state index is 11.3. The summed E-state index contributed by atoms with van der Waals surface area (Å²) in [5, 5.41) is 1.93. The molecule has 2 rings (SSSR count). The van der Waals surface area contributed by atoms with Crippen LogP contribution in [0.2, 0.25) is 0 Å². The summed E-state index contributed by atoms with van der Waals surface area (Å²) in [6.07, 6.45) is 0. The van der Waals surface area contributed by atoms with Crippen LogP contribution in [0.3, 0.4) is 0 Å². The topological polar surface area (TPSA) is 35.5 Å². The molecular weight excluding hydrogens is 240 g/mol. The summed E-state index contributed by atoms with van der Waals surface area (Å²) in [5.74, 6) is 5.60. The van der Waals surface area contributed by atoms with Crippen LogP contribution in [0.1, 0.15) is 12.5 Å². The van der Waals surface area contributed by atoms with Crippen molar-refractivity contribution in [3.05, 3.63) is 42.0 Å². The molecule has 0 heterocycles. The predicted molar refractivity (Wildman–Crippen MR) is 74.0 cm³/mol. The molecule has 0 aromatic heterocycles. The normalized spacial score (nSPS) is 9.58. The number of benzene rings is 2. The number of esters is 1. The standard InChI is InChI=1S/C16H14O3/c1-3-19-16(17)11-9-12-8-10-15(18-2)14-7-5-4-6-13(12)14/h4-8,10H,3H2,1-2H3. The molecule has 0 fully saturated rings. The van der Waals surface area contributed by atoms with E-state index in [1.54, 1.807) is 14.0 Å². The molecular formula is C16H14O3. The van der Waals surface area contributed by atoms with Crippen molar-refractivity contribution in [2.75, 3.05) is 13.7 Å². The van der Waals surface area contributed by atoms with Gasteiger partial charge in [0.2, 0.25) is 0 Å². The van der Waals surface area contributed by atoms with E-state index < -0.39 is 5.97 Å². The number of fused-ring (bicyclic) bond motifs is 1. The first-order valence-corrected chi connectivity index (χ1v) is 6.00. The third-order valence-corrected chi connectivity index (χ3v) is 2.68. The van der Waals surface area contributed by atoms with Gasteiger partial charge in [-0.3, -0.25) is 0 Å². The molecule has 0 unspecified atom stereocenters. The second kappa shape index (κ2) is 5.92. The largest absolute Gasteiger partial charge is 0.496 e. The number of hydrogen-bond acceptors (Lipinski definition) is 3. The van der Waals surface area contributed by atoms with Crippen LogP contribution >= 0.6 is 0 Å². The zero-order valence-corrected chi connectivity index (χ0v) is 10.9. The van der Waals surface area contributed by atoms with Crippen molar-refractivity contribution in [3.8, 4) is 17.6 Å². The molecule has 0 amide bonds. The molecule has 0 N–H and O–H groups in total. The van der Waals surface area contributed by atoms with Gasteiger partial charge in [-0.15, -0.1) is 0 Å². The zero-order chi connectivity index (χ0) is 13.7. The molecule has 2 aromatic carbocycles. The molecule has 0 aliphatic heterocycles. The van der Waals surface area contributed by atoms with E-state index in [0.29, 0.717) is 6.61 Å². The maximum Gasteiger partial charge on any atom is 0.384 e. The molecule has 19 heavy (non-hydrogen) atoms. The van der Waals surface area contributed by atoms with Crippen LogP contribution in [0.25, 0.3) is 10.8 Å². The number of methoxy groups -OCH3 is 1. The lowest BCUT2D eigenvalue weighted by molar-refractivity contribution is -0.136. The van der Waals surface area contributed by atoms with E-state index >= 15 is 0 Å². The number of carbonyl (C=O) groups excluding carboxylic acids is 1. The van der Waals surface area contributed by atoms with Gasteiger partial charge in [0.1, 0.15) is 5.75 Å². The fraction of sp³-hybridized carbons (Fsp3) is 0.188. The Morgan fingerprint density at radius 1 is 1.16 bits per heavy atom. The number of hydrogen-bond donors (Lipinski definition) is 0. The maximum absolute atomic E-state index is 11.3. The summed E-state index contributed by atoms with van der Waals surface area (Å²) in [7, 11) is 1.63. The summed E-state index contributed by atoms with van der Waals surface area (Å²) >= 11 is 0. The molecule has 3 heteroatoms. The molecule has 3 nitrogen and oxygen atoms in total. The van der Waals surface area contributed by atoms with Gasteiger partial charge < -0.3 is 9.47 Å². The SMILES string of the molecule is CCOC(=O)C#Cc1ccc(OC)c2ccccc12. The fourth-order valence-electron chi connectivity index (χ4n) is 1.84. The highest BCUT2D eigenvalue weighted by atomic mass is 16.5. The second-order valence-corrected chi connectivity index (χ2v) is 3.83. The Labute approximate surface area is 112 Å². The van der Waals surface area contributed by atoms with E-state index in [0.717, 1.165) is 22.1 Å². The van der Waals surface area contributed by atoms with E-state index in [1.807, 2.05) is 36.4 Å².